The van der Waals surface area contributed by atoms with Gasteiger partial charge in [0.05, 0.1) is 21.9 Å². The van der Waals surface area contributed by atoms with Crippen LogP contribution < -0.4 is 5.32 Å². The minimum Gasteiger partial charge on any atom is -0.453 e. The van der Waals surface area contributed by atoms with Gasteiger partial charge in [-0.1, -0.05) is 6.07 Å². The first-order chi connectivity index (χ1) is 10.5. The summed E-state index contributed by atoms with van der Waals surface area (Å²) in [7, 11) is 1.30. The number of ether oxygens (including phenoxy) is 1. The van der Waals surface area contributed by atoms with Crippen LogP contribution in [-0.4, -0.2) is 23.6 Å². The van der Waals surface area contributed by atoms with E-state index < -0.39 is 6.09 Å². The van der Waals surface area contributed by atoms with Gasteiger partial charge in [-0.05, 0) is 62.0 Å². The predicted octanol–water partition coefficient (Wildman–Crippen LogP) is 3.98. The molecule has 2 heterocycles. The summed E-state index contributed by atoms with van der Waals surface area (Å²) in [4.78, 5) is 24.1. The second kappa shape index (κ2) is 5.89. The van der Waals surface area contributed by atoms with Crippen LogP contribution in [0.25, 0.3) is 0 Å². The number of benzene rings is 1. The Bertz CT molecular complexity index is 783. The SMILES string of the molecule is COC(=O)Nc1ccc2c(c1)C(=O)c1cc(Br)c(Br)n1CC2. The van der Waals surface area contributed by atoms with Crippen LogP contribution in [0.2, 0.25) is 0 Å². The van der Waals surface area contributed by atoms with Crippen molar-refractivity contribution in [1.82, 2.24) is 4.57 Å². The molecule has 0 radical (unpaired) electrons. The summed E-state index contributed by atoms with van der Waals surface area (Å²) in [6.45, 7) is 0.712. The van der Waals surface area contributed by atoms with Crippen molar-refractivity contribution in [2.45, 2.75) is 13.0 Å². The zero-order valence-corrected chi connectivity index (χ0v) is 14.8. The summed E-state index contributed by atoms with van der Waals surface area (Å²) in [6.07, 6.45) is 0.182. The molecular formula is C15H12Br2N2O3. The first kappa shape index (κ1) is 15.3. The Labute approximate surface area is 143 Å². The summed E-state index contributed by atoms with van der Waals surface area (Å²) in [5, 5.41) is 2.58. The highest BCUT2D eigenvalue weighted by atomic mass is 79.9. The molecule has 7 heteroatoms. The zero-order valence-electron chi connectivity index (χ0n) is 11.7. The molecule has 0 saturated heterocycles. The summed E-state index contributed by atoms with van der Waals surface area (Å²) < 4.78 is 8.23. The van der Waals surface area contributed by atoms with E-state index in [1.165, 1.54) is 7.11 Å². The number of carbonyl (C=O) groups excluding carboxylic acids is 2. The molecule has 0 bridgehead atoms. The quantitative estimate of drug-likeness (QED) is 0.748. The lowest BCUT2D eigenvalue weighted by atomic mass is 10.00. The molecule has 0 saturated carbocycles. The molecule has 2 aromatic rings. The van der Waals surface area contributed by atoms with Crippen molar-refractivity contribution in [3.8, 4) is 0 Å². The number of halogens is 2. The fourth-order valence-electron chi connectivity index (χ4n) is 2.52. The number of nitrogens with zero attached hydrogens (tertiary/aromatic N) is 1. The Balaban J connectivity index is 2.04. The van der Waals surface area contributed by atoms with Crippen LogP contribution in [0.4, 0.5) is 10.5 Å². The lowest BCUT2D eigenvalue weighted by Crippen LogP contribution is -2.12. The second-order valence-electron chi connectivity index (χ2n) is 4.89. The van der Waals surface area contributed by atoms with Gasteiger partial charge in [-0.3, -0.25) is 10.1 Å². The Morgan fingerprint density at radius 2 is 2.09 bits per heavy atom. The van der Waals surface area contributed by atoms with Crippen LogP contribution in [0.15, 0.2) is 33.3 Å². The first-order valence-corrected chi connectivity index (χ1v) is 8.17. The number of carbonyl (C=O) groups is 2. The van der Waals surface area contributed by atoms with E-state index in [1.54, 1.807) is 12.1 Å². The topological polar surface area (TPSA) is 60.3 Å². The maximum Gasteiger partial charge on any atom is 0.411 e. The highest BCUT2D eigenvalue weighted by Gasteiger charge is 2.24. The molecule has 1 aliphatic rings. The molecule has 3 rings (SSSR count). The second-order valence-corrected chi connectivity index (χ2v) is 6.49. The molecule has 1 amide bonds. The Morgan fingerprint density at radius 3 is 2.82 bits per heavy atom. The molecule has 0 unspecified atom stereocenters. The average molecular weight is 428 g/mol. The van der Waals surface area contributed by atoms with Crippen LogP contribution in [0.1, 0.15) is 21.6 Å². The summed E-state index contributed by atoms with van der Waals surface area (Å²) in [5.41, 5.74) is 2.72. The lowest BCUT2D eigenvalue weighted by Gasteiger charge is -2.08. The minimum atomic E-state index is -0.560. The highest BCUT2D eigenvalue weighted by molar-refractivity contribution is 9.13. The van der Waals surface area contributed by atoms with Gasteiger partial charge in [-0.15, -0.1) is 0 Å². The van der Waals surface area contributed by atoms with E-state index in [0.717, 1.165) is 21.1 Å². The predicted molar refractivity (Wildman–Crippen MR) is 89.4 cm³/mol. The fraction of sp³-hybridized carbons (Fsp3) is 0.200. The van der Waals surface area contributed by atoms with Crippen molar-refractivity contribution in [3.05, 3.63) is 50.2 Å². The normalized spacial score (nSPS) is 13.1. The van der Waals surface area contributed by atoms with Crippen LogP contribution in [0.5, 0.6) is 0 Å². The third-order valence-corrected chi connectivity index (χ3v) is 5.60. The third kappa shape index (κ3) is 2.59. The van der Waals surface area contributed by atoms with Gasteiger partial charge in [-0.2, -0.15) is 0 Å². The van der Waals surface area contributed by atoms with E-state index in [0.29, 0.717) is 23.5 Å². The number of amides is 1. The van der Waals surface area contributed by atoms with Crippen molar-refractivity contribution in [2.24, 2.45) is 0 Å². The van der Waals surface area contributed by atoms with Crippen molar-refractivity contribution in [2.75, 3.05) is 12.4 Å². The summed E-state index contributed by atoms with van der Waals surface area (Å²) in [5.74, 6) is -0.0626. The molecular weight excluding hydrogens is 416 g/mol. The van der Waals surface area contributed by atoms with Gasteiger partial charge in [0.15, 0.2) is 0 Å². The molecule has 22 heavy (non-hydrogen) atoms. The van der Waals surface area contributed by atoms with Crippen molar-refractivity contribution < 1.29 is 14.3 Å². The summed E-state index contributed by atoms with van der Waals surface area (Å²) >= 11 is 6.92. The first-order valence-electron chi connectivity index (χ1n) is 6.58. The van der Waals surface area contributed by atoms with Gasteiger partial charge < -0.3 is 9.30 Å². The van der Waals surface area contributed by atoms with E-state index in [4.69, 9.17) is 0 Å². The van der Waals surface area contributed by atoms with Gasteiger partial charge in [0.2, 0.25) is 5.78 Å². The number of aryl methyl sites for hydroxylation is 1. The molecule has 1 aromatic heterocycles. The number of nitrogens with one attached hydrogen (secondary N) is 1. The number of methoxy groups -OCH3 is 1. The maximum absolute atomic E-state index is 12.8. The number of hydrogen-bond donors (Lipinski definition) is 1. The van der Waals surface area contributed by atoms with E-state index >= 15 is 0 Å². The van der Waals surface area contributed by atoms with Gasteiger partial charge in [0.1, 0.15) is 0 Å². The molecule has 1 aromatic carbocycles. The Hall–Kier alpha value is -1.60. The standard InChI is InChI=1S/C15H12Br2N2O3/c1-22-15(21)18-9-3-2-8-4-5-19-12(7-11(16)14(19)17)13(20)10(8)6-9/h2-3,6-7H,4-5H2,1H3,(H,18,21). The Kier molecular flexibility index (Phi) is 4.10. The van der Waals surface area contributed by atoms with Crippen molar-refractivity contribution in [3.63, 3.8) is 0 Å². The number of ketones is 1. The molecule has 0 aliphatic carbocycles. The number of fused-ring (bicyclic) bond motifs is 2. The number of rotatable bonds is 1. The fourth-order valence-corrected chi connectivity index (χ4v) is 3.44. The van der Waals surface area contributed by atoms with Crippen molar-refractivity contribution in [1.29, 1.82) is 0 Å². The molecule has 0 spiro atoms. The van der Waals surface area contributed by atoms with Crippen LogP contribution in [0.3, 0.4) is 0 Å². The summed E-state index contributed by atoms with van der Waals surface area (Å²) in [6, 6.07) is 7.14. The average Bonchev–Trinajstić information content (AvgIpc) is 2.72. The van der Waals surface area contributed by atoms with Gasteiger partial charge >= 0.3 is 6.09 Å². The van der Waals surface area contributed by atoms with Crippen LogP contribution >= 0.6 is 31.9 Å². The molecule has 0 fully saturated rings. The number of aromatic nitrogens is 1. The largest absolute Gasteiger partial charge is 0.453 e. The molecule has 5 nitrogen and oxygen atoms in total. The third-order valence-electron chi connectivity index (χ3n) is 3.61. The monoisotopic (exact) mass is 426 g/mol. The molecule has 1 N–H and O–H groups in total. The molecule has 114 valence electrons. The maximum atomic E-state index is 12.8. The number of hydrogen-bond acceptors (Lipinski definition) is 3. The van der Waals surface area contributed by atoms with Crippen molar-refractivity contribution >= 4 is 49.4 Å². The van der Waals surface area contributed by atoms with Crippen LogP contribution in [-0.2, 0) is 17.7 Å². The minimum absolute atomic E-state index is 0.0626. The van der Waals surface area contributed by atoms with E-state index in [9.17, 15) is 9.59 Å². The Morgan fingerprint density at radius 1 is 1.32 bits per heavy atom. The highest BCUT2D eigenvalue weighted by Crippen LogP contribution is 2.32. The van der Waals surface area contributed by atoms with E-state index in [2.05, 4.69) is 41.9 Å². The lowest BCUT2D eigenvalue weighted by molar-refractivity contribution is 0.103. The zero-order chi connectivity index (χ0) is 15.9. The smallest absolute Gasteiger partial charge is 0.411 e. The van der Waals surface area contributed by atoms with E-state index in [-0.39, 0.29) is 5.78 Å². The van der Waals surface area contributed by atoms with Crippen LogP contribution in [0, 0.1) is 0 Å². The number of anilines is 1. The van der Waals surface area contributed by atoms with Gasteiger partial charge in [0.25, 0.3) is 0 Å². The van der Waals surface area contributed by atoms with Gasteiger partial charge in [-0.25, -0.2) is 4.79 Å². The molecule has 0 atom stereocenters. The molecule has 1 aliphatic heterocycles. The van der Waals surface area contributed by atoms with Gasteiger partial charge in [0, 0.05) is 17.8 Å². The van der Waals surface area contributed by atoms with E-state index in [1.807, 2.05) is 16.7 Å².